The predicted molar refractivity (Wildman–Crippen MR) is 101 cm³/mol. The van der Waals surface area contributed by atoms with E-state index in [9.17, 15) is 14.4 Å². The number of nitrogens with one attached hydrogen (secondary N) is 2. The average Bonchev–Trinajstić information content (AvgIpc) is 3.20. The van der Waals surface area contributed by atoms with Crippen molar-refractivity contribution < 1.29 is 19.1 Å². The molecule has 2 heterocycles. The van der Waals surface area contributed by atoms with Gasteiger partial charge in [-0.3, -0.25) is 14.4 Å². The zero-order chi connectivity index (χ0) is 19.2. The molecule has 0 aliphatic carbocycles. The van der Waals surface area contributed by atoms with Gasteiger partial charge in [-0.05, 0) is 37.8 Å². The van der Waals surface area contributed by atoms with Crippen LogP contribution in [0.15, 0.2) is 24.3 Å². The van der Waals surface area contributed by atoms with Crippen LogP contribution in [0.1, 0.15) is 43.0 Å². The molecule has 2 aliphatic heterocycles. The molecule has 1 aromatic rings. The normalized spacial score (nSPS) is 20.3. The molecule has 2 N–H and O–H groups in total. The molecule has 1 atom stereocenters. The minimum absolute atomic E-state index is 0.0436. The lowest BCUT2D eigenvalue weighted by Crippen LogP contribution is -2.40. The quantitative estimate of drug-likeness (QED) is 0.824. The van der Waals surface area contributed by atoms with Crippen molar-refractivity contribution in [3.63, 3.8) is 0 Å². The summed E-state index contributed by atoms with van der Waals surface area (Å²) in [5, 5.41) is 5.79. The van der Waals surface area contributed by atoms with Gasteiger partial charge in [0.15, 0.2) is 0 Å². The monoisotopic (exact) mass is 373 g/mol. The number of para-hydroxylation sites is 1. The van der Waals surface area contributed by atoms with E-state index in [0.717, 1.165) is 19.4 Å². The lowest BCUT2D eigenvalue weighted by molar-refractivity contribution is -0.132. The smallest absolute Gasteiger partial charge is 0.253 e. The van der Waals surface area contributed by atoms with E-state index >= 15 is 0 Å². The van der Waals surface area contributed by atoms with E-state index in [1.807, 2.05) is 0 Å². The Kier molecular flexibility index (Phi) is 6.45. The molecule has 7 nitrogen and oxygen atoms in total. The van der Waals surface area contributed by atoms with Crippen LogP contribution in [0.5, 0.6) is 0 Å². The molecule has 0 saturated carbocycles. The van der Waals surface area contributed by atoms with Crippen molar-refractivity contribution in [2.75, 3.05) is 31.6 Å². The maximum Gasteiger partial charge on any atom is 0.253 e. The van der Waals surface area contributed by atoms with Crippen molar-refractivity contribution >= 4 is 23.4 Å². The number of benzene rings is 1. The third kappa shape index (κ3) is 5.07. The number of rotatable bonds is 5. The highest BCUT2D eigenvalue weighted by atomic mass is 16.5. The minimum Gasteiger partial charge on any atom is -0.376 e. The van der Waals surface area contributed by atoms with Crippen LogP contribution in [0, 0.1) is 5.92 Å². The van der Waals surface area contributed by atoms with Gasteiger partial charge in [0.05, 0.1) is 17.4 Å². The average molecular weight is 373 g/mol. The van der Waals surface area contributed by atoms with Gasteiger partial charge in [0.2, 0.25) is 11.8 Å². The first-order valence-electron chi connectivity index (χ1n) is 9.60. The van der Waals surface area contributed by atoms with Gasteiger partial charge in [0, 0.05) is 39.1 Å². The van der Waals surface area contributed by atoms with Crippen LogP contribution in [-0.2, 0) is 14.3 Å². The number of hydrogen-bond acceptors (Lipinski definition) is 4. The highest BCUT2D eigenvalue weighted by Gasteiger charge is 2.27. The Balaban J connectivity index is 1.57. The first-order valence-corrected chi connectivity index (χ1v) is 9.60. The standard InChI is InChI=1S/C20H27N3O4/c1-14(24)23-10-8-15(9-11-23)19(25)22-18-7-3-2-6-17(18)20(26)21-13-16-5-4-12-27-16/h2-3,6-7,15-16H,4-5,8-13H2,1H3,(H,21,26)(H,22,25)/t16-/m0/s1. The zero-order valence-corrected chi connectivity index (χ0v) is 15.7. The lowest BCUT2D eigenvalue weighted by atomic mass is 9.95. The van der Waals surface area contributed by atoms with Crippen LogP contribution in [-0.4, -0.2) is 55.0 Å². The van der Waals surface area contributed by atoms with Crippen molar-refractivity contribution in [2.24, 2.45) is 5.92 Å². The van der Waals surface area contributed by atoms with Crippen LogP contribution in [0.25, 0.3) is 0 Å². The van der Waals surface area contributed by atoms with E-state index in [1.165, 1.54) is 0 Å². The number of ether oxygens (including phenoxy) is 1. The first kappa shape index (κ1) is 19.4. The molecule has 146 valence electrons. The largest absolute Gasteiger partial charge is 0.376 e. The van der Waals surface area contributed by atoms with Crippen LogP contribution in [0.4, 0.5) is 5.69 Å². The molecular formula is C20H27N3O4. The Hall–Kier alpha value is -2.41. The topological polar surface area (TPSA) is 87.7 Å². The number of nitrogens with zero attached hydrogens (tertiary/aromatic N) is 1. The third-order valence-corrected chi connectivity index (χ3v) is 5.25. The van der Waals surface area contributed by atoms with Crippen molar-refractivity contribution in [2.45, 2.75) is 38.7 Å². The van der Waals surface area contributed by atoms with E-state index in [0.29, 0.717) is 43.7 Å². The van der Waals surface area contributed by atoms with E-state index in [2.05, 4.69) is 10.6 Å². The van der Waals surface area contributed by atoms with Gasteiger partial charge >= 0.3 is 0 Å². The Morgan fingerprint density at radius 2 is 1.89 bits per heavy atom. The molecule has 3 amide bonds. The number of anilines is 1. The second kappa shape index (κ2) is 8.99. The van der Waals surface area contributed by atoms with Crippen LogP contribution in [0.3, 0.4) is 0 Å². The van der Waals surface area contributed by atoms with Gasteiger partial charge in [-0.25, -0.2) is 0 Å². The van der Waals surface area contributed by atoms with E-state index in [-0.39, 0.29) is 29.7 Å². The molecule has 0 aromatic heterocycles. The molecule has 2 saturated heterocycles. The second-order valence-corrected chi connectivity index (χ2v) is 7.16. The lowest BCUT2D eigenvalue weighted by Gasteiger charge is -2.30. The molecule has 2 aliphatic rings. The molecule has 27 heavy (non-hydrogen) atoms. The third-order valence-electron chi connectivity index (χ3n) is 5.25. The maximum atomic E-state index is 12.6. The number of likely N-dealkylation sites (tertiary alicyclic amines) is 1. The molecular weight excluding hydrogens is 346 g/mol. The zero-order valence-electron chi connectivity index (χ0n) is 15.7. The Morgan fingerprint density at radius 3 is 2.56 bits per heavy atom. The molecule has 3 rings (SSSR count). The predicted octanol–water partition coefficient (Wildman–Crippen LogP) is 1.79. The molecule has 2 fully saturated rings. The Bertz CT molecular complexity index is 692. The number of carbonyl (C=O) groups excluding carboxylic acids is 3. The molecule has 7 heteroatoms. The van der Waals surface area contributed by atoms with Crippen molar-refractivity contribution in [3.05, 3.63) is 29.8 Å². The second-order valence-electron chi connectivity index (χ2n) is 7.16. The maximum absolute atomic E-state index is 12.6. The molecule has 0 unspecified atom stereocenters. The van der Waals surface area contributed by atoms with Gasteiger partial charge in [-0.15, -0.1) is 0 Å². The summed E-state index contributed by atoms with van der Waals surface area (Å²) in [6, 6.07) is 7.02. The summed E-state index contributed by atoms with van der Waals surface area (Å²) in [4.78, 5) is 38.3. The molecule has 0 spiro atoms. The van der Waals surface area contributed by atoms with Gasteiger partial charge in [-0.2, -0.15) is 0 Å². The van der Waals surface area contributed by atoms with Crippen molar-refractivity contribution in [1.29, 1.82) is 0 Å². The summed E-state index contributed by atoms with van der Waals surface area (Å²) < 4.78 is 5.53. The summed E-state index contributed by atoms with van der Waals surface area (Å²) in [5.41, 5.74) is 0.964. The van der Waals surface area contributed by atoms with Crippen molar-refractivity contribution in [3.8, 4) is 0 Å². The van der Waals surface area contributed by atoms with Crippen LogP contribution >= 0.6 is 0 Å². The van der Waals surface area contributed by atoms with E-state index in [1.54, 1.807) is 36.1 Å². The summed E-state index contributed by atoms with van der Waals surface area (Å²) >= 11 is 0. The number of hydrogen-bond donors (Lipinski definition) is 2. The van der Waals surface area contributed by atoms with Gasteiger partial charge in [-0.1, -0.05) is 12.1 Å². The van der Waals surface area contributed by atoms with Gasteiger partial charge in [0.25, 0.3) is 5.91 Å². The fourth-order valence-electron chi connectivity index (χ4n) is 3.59. The summed E-state index contributed by atoms with van der Waals surface area (Å²) in [7, 11) is 0. The fourth-order valence-corrected chi connectivity index (χ4v) is 3.59. The summed E-state index contributed by atoms with van der Waals surface area (Å²) in [6.07, 6.45) is 3.33. The van der Waals surface area contributed by atoms with E-state index in [4.69, 9.17) is 4.74 Å². The van der Waals surface area contributed by atoms with Gasteiger partial charge < -0.3 is 20.3 Å². The number of carbonyl (C=O) groups is 3. The van der Waals surface area contributed by atoms with Crippen molar-refractivity contribution in [1.82, 2.24) is 10.2 Å². The van der Waals surface area contributed by atoms with Crippen LogP contribution in [0.2, 0.25) is 0 Å². The molecule has 0 bridgehead atoms. The fraction of sp³-hybridized carbons (Fsp3) is 0.550. The minimum atomic E-state index is -0.215. The molecule has 1 aromatic carbocycles. The number of amides is 3. The van der Waals surface area contributed by atoms with Crippen LogP contribution < -0.4 is 10.6 Å². The summed E-state index contributed by atoms with van der Waals surface area (Å²) in [5.74, 6) is -0.420. The Morgan fingerprint density at radius 1 is 1.15 bits per heavy atom. The van der Waals surface area contributed by atoms with E-state index < -0.39 is 0 Å². The number of piperidine rings is 1. The molecule has 0 radical (unpaired) electrons. The first-order chi connectivity index (χ1) is 13.0. The SMILES string of the molecule is CC(=O)N1CCC(C(=O)Nc2ccccc2C(=O)NC[C@@H]2CCCO2)CC1. The highest BCUT2D eigenvalue weighted by Crippen LogP contribution is 2.22. The Labute approximate surface area is 159 Å². The highest BCUT2D eigenvalue weighted by molar-refractivity contribution is 6.04. The van der Waals surface area contributed by atoms with Gasteiger partial charge in [0.1, 0.15) is 0 Å². The summed E-state index contributed by atoms with van der Waals surface area (Å²) in [6.45, 7) is 3.96.